The summed E-state index contributed by atoms with van der Waals surface area (Å²) in [7, 11) is 0. The first-order chi connectivity index (χ1) is 6.70. The van der Waals surface area contributed by atoms with Crippen LogP contribution in [-0.4, -0.2) is 5.91 Å². The Morgan fingerprint density at radius 3 is 2.21 bits per heavy atom. The lowest BCUT2D eigenvalue weighted by atomic mass is 10.1. The third kappa shape index (κ3) is 4.65. The molecule has 80 valence electrons. The van der Waals surface area contributed by atoms with Gasteiger partial charge >= 0.3 is 0 Å². The number of hydrogen-bond donors (Lipinski definition) is 1. The van der Waals surface area contributed by atoms with E-state index >= 15 is 0 Å². The summed E-state index contributed by atoms with van der Waals surface area (Å²) in [5.74, 6) is 0.00588. The predicted octanol–water partition coefficient (Wildman–Crippen LogP) is 3.16. The second-order valence-electron chi connectivity index (χ2n) is 2.83. The van der Waals surface area contributed by atoms with E-state index in [1.54, 1.807) is 0 Å². The van der Waals surface area contributed by atoms with Crippen LogP contribution in [0.5, 0.6) is 0 Å². The molecule has 1 aromatic carbocycles. The van der Waals surface area contributed by atoms with Crippen molar-refractivity contribution >= 4 is 5.91 Å². The lowest BCUT2D eigenvalue weighted by Gasteiger charge is -2.11. The maximum atomic E-state index is 10.7. The fourth-order valence-corrected chi connectivity index (χ4v) is 1.13. The molecule has 1 N–H and O–H groups in total. The standard InChI is InChI=1S/C10H13NO.C2H6.H2/c1-8(11-9(2)12)10-6-4-3-5-7-10;1-2;/h3-8H,1-2H3,(H,11,12);1-2H3;1H. The van der Waals surface area contributed by atoms with Crippen molar-refractivity contribution in [3.63, 3.8) is 0 Å². The quantitative estimate of drug-likeness (QED) is 0.771. The molecular weight excluding hydrogens is 174 g/mol. The van der Waals surface area contributed by atoms with E-state index in [9.17, 15) is 4.79 Å². The van der Waals surface area contributed by atoms with E-state index in [2.05, 4.69) is 5.32 Å². The first-order valence-electron chi connectivity index (χ1n) is 5.02. The van der Waals surface area contributed by atoms with Crippen LogP contribution in [0.25, 0.3) is 0 Å². The van der Waals surface area contributed by atoms with Gasteiger partial charge in [0.25, 0.3) is 0 Å². The second-order valence-corrected chi connectivity index (χ2v) is 2.83. The van der Waals surface area contributed by atoms with Gasteiger partial charge in [-0.25, -0.2) is 0 Å². The van der Waals surface area contributed by atoms with Gasteiger partial charge in [0.05, 0.1) is 6.04 Å². The summed E-state index contributed by atoms with van der Waals surface area (Å²) in [6.45, 7) is 7.50. The molecule has 1 atom stereocenters. The van der Waals surface area contributed by atoms with Crippen molar-refractivity contribution < 1.29 is 6.22 Å². The normalized spacial score (nSPS) is 10.9. The molecule has 1 rings (SSSR count). The fourth-order valence-electron chi connectivity index (χ4n) is 1.13. The van der Waals surface area contributed by atoms with Crippen LogP contribution in [-0.2, 0) is 4.79 Å². The number of rotatable bonds is 2. The number of carbonyl (C=O) groups excluding carboxylic acids is 1. The monoisotopic (exact) mass is 195 g/mol. The topological polar surface area (TPSA) is 29.1 Å². The number of amides is 1. The van der Waals surface area contributed by atoms with Gasteiger partial charge in [-0.15, -0.1) is 0 Å². The highest BCUT2D eigenvalue weighted by Crippen LogP contribution is 2.10. The van der Waals surface area contributed by atoms with Gasteiger partial charge in [-0.05, 0) is 12.5 Å². The number of benzene rings is 1. The van der Waals surface area contributed by atoms with Crippen molar-refractivity contribution in [1.29, 1.82) is 0 Å². The van der Waals surface area contributed by atoms with Gasteiger partial charge in [0.2, 0.25) is 5.91 Å². The van der Waals surface area contributed by atoms with E-state index in [1.165, 1.54) is 6.92 Å². The number of carbonyl (C=O) groups is 1. The molecule has 0 aromatic heterocycles. The third-order valence-electron chi connectivity index (χ3n) is 1.72. The largest absolute Gasteiger partial charge is 0.350 e. The minimum atomic E-state index is 0. The Kier molecular flexibility index (Phi) is 6.46. The molecule has 0 aliphatic heterocycles. The molecule has 0 spiro atoms. The van der Waals surface area contributed by atoms with Crippen LogP contribution in [0.15, 0.2) is 30.3 Å². The minimum absolute atomic E-state index is 0. The molecule has 0 saturated carbocycles. The molecule has 0 fully saturated rings. The Bertz CT molecular complexity index is 262. The molecule has 2 heteroatoms. The van der Waals surface area contributed by atoms with Crippen LogP contribution in [0, 0.1) is 0 Å². The zero-order valence-corrected chi connectivity index (χ0v) is 9.37. The van der Waals surface area contributed by atoms with Gasteiger partial charge in [-0.1, -0.05) is 44.2 Å². The van der Waals surface area contributed by atoms with E-state index in [1.807, 2.05) is 51.1 Å². The van der Waals surface area contributed by atoms with E-state index < -0.39 is 0 Å². The molecule has 1 amide bonds. The van der Waals surface area contributed by atoms with Gasteiger partial charge < -0.3 is 5.32 Å². The van der Waals surface area contributed by atoms with Crippen LogP contribution in [0.1, 0.15) is 40.7 Å². The Hall–Kier alpha value is -1.31. The van der Waals surface area contributed by atoms with E-state index in [0.717, 1.165) is 5.56 Å². The molecule has 14 heavy (non-hydrogen) atoms. The van der Waals surface area contributed by atoms with Crippen molar-refractivity contribution in [2.45, 2.75) is 33.7 Å². The van der Waals surface area contributed by atoms with Crippen LogP contribution in [0.2, 0.25) is 0 Å². The van der Waals surface area contributed by atoms with Crippen LogP contribution in [0.3, 0.4) is 0 Å². The summed E-state index contributed by atoms with van der Waals surface area (Å²) in [4.78, 5) is 10.7. The molecule has 0 radical (unpaired) electrons. The van der Waals surface area contributed by atoms with Crippen LogP contribution >= 0.6 is 0 Å². The molecule has 2 nitrogen and oxygen atoms in total. The third-order valence-corrected chi connectivity index (χ3v) is 1.72. The maximum absolute atomic E-state index is 10.7. The van der Waals surface area contributed by atoms with Crippen LogP contribution in [0.4, 0.5) is 0 Å². The molecule has 0 heterocycles. The van der Waals surface area contributed by atoms with E-state index in [4.69, 9.17) is 0 Å². The highest BCUT2D eigenvalue weighted by atomic mass is 16.1. The molecular formula is C12H21NO. The first kappa shape index (κ1) is 12.7. The SMILES string of the molecule is CC.CC(=O)NC(C)c1ccccc1.[HH]. The average Bonchev–Trinajstić information content (AvgIpc) is 2.21. The summed E-state index contributed by atoms with van der Waals surface area (Å²) in [6, 6.07) is 10.00. The van der Waals surface area contributed by atoms with Gasteiger partial charge in [0, 0.05) is 8.35 Å². The summed E-state index contributed by atoms with van der Waals surface area (Å²) >= 11 is 0. The molecule has 0 aliphatic carbocycles. The Morgan fingerprint density at radius 2 is 1.79 bits per heavy atom. The first-order valence-corrected chi connectivity index (χ1v) is 5.02. The second kappa shape index (κ2) is 7.13. The zero-order valence-electron chi connectivity index (χ0n) is 9.37. The van der Waals surface area contributed by atoms with Crippen molar-refractivity contribution in [2.24, 2.45) is 0 Å². The van der Waals surface area contributed by atoms with Crippen molar-refractivity contribution in [2.75, 3.05) is 0 Å². The maximum Gasteiger partial charge on any atom is 0.217 e. The highest BCUT2D eigenvalue weighted by molar-refractivity contribution is 5.73. The Balaban J connectivity index is 0. The predicted molar refractivity (Wildman–Crippen MR) is 62.1 cm³/mol. The Labute approximate surface area is 87.8 Å². The molecule has 1 unspecified atom stereocenters. The highest BCUT2D eigenvalue weighted by Gasteiger charge is 2.03. The number of nitrogens with one attached hydrogen (secondary N) is 1. The average molecular weight is 195 g/mol. The van der Waals surface area contributed by atoms with Crippen molar-refractivity contribution in [1.82, 2.24) is 5.32 Å². The smallest absolute Gasteiger partial charge is 0.217 e. The molecule has 0 aliphatic rings. The molecule has 0 bridgehead atoms. The summed E-state index contributed by atoms with van der Waals surface area (Å²) < 4.78 is 0. The van der Waals surface area contributed by atoms with Crippen molar-refractivity contribution in [3.8, 4) is 0 Å². The van der Waals surface area contributed by atoms with Gasteiger partial charge in [0.15, 0.2) is 0 Å². The summed E-state index contributed by atoms with van der Waals surface area (Å²) in [5, 5.41) is 2.82. The Morgan fingerprint density at radius 1 is 1.29 bits per heavy atom. The van der Waals surface area contributed by atoms with Crippen LogP contribution < -0.4 is 5.32 Å². The lowest BCUT2D eigenvalue weighted by Crippen LogP contribution is -2.23. The fraction of sp³-hybridized carbons (Fsp3) is 0.417. The van der Waals surface area contributed by atoms with E-state index in [-0.39, 0.29) is 13.4 Å². The lowest BCUT2D eigenvalue weighted by molar-refractivity contribution is -0.119. The summed E-state index contributed by atoms with van der Waals surface area (Å²) in [5.41, 5.74) is 1.13. The van der Waals surface area contributed by atoms with Crippen molar-refractivity contribution in [3.05, 3.63) is 35.9 Å². The van der Waals surface area contributed by atoms with E-state index in [0.29, 0.717) is 0 Å². The zero-order chi connectivity index (χ0) is 11.0. The molecule has 1 aromatic rings. The number of hydrogen-bond acceptors (Lipinski definition) is 1. The van der Waals surface area contributed by atoms with Gasteiger partial charge in [-0.2, -0.15) is 0 Å². The van der Waals surface area contributed by atoms with Gasteiger partial charge in [-0.3, -0.25) is 4.79 Å². The minimum Gasteiger partial charge on any atom is -0.350 e. The molecule has 0 saturated heterocycles. The summed E-state index contributed by atoms with van der Waals surface area (Å²) in [6.07, 6.45) is 0. The van der Waals surface area contributed by atoms with Gasteiger partial charge in [0.1, 0.15) is 0 Å².